The van der Waals surface area contributed by atoms with E-state index < -0.39 is 15.8 Å². The molecule has 1 aromatic heterocycles. The van der Waals surface area contributed by atoms with E-state index in [4.69, 9.17) is 17.3 Å². The highest BCUT2D eigenvalue weighted by atomic mass is 35.5. The summed E-state index contributed by atoms with van der Waals surface area (Å²) >= 11 is 6.63. The Morgan fingerprint density at radius 3 is 2.68 bits per heavy atom. The maximum absolute atomic E-state index is 13.6. The first-order valence-corrected chi connectivity index (χ1v) is 7.87. The molecular weight excluding hydrogens is 311 g/mol. The van der Waals surface area contributed by atoms with E-state index in [2.05, 4.69) is 4.72 Å². The first kappa shape index (κ1) is 14.3. The average molecular weight is 321 g/mol. The lowest BCUT2D eigenvalue weighted by Crippen LogP contribution is -2.12. The summed E-state index contributed by atoms with van der Waals surface area (Å²) in [6.07, 6.45) is 0. The number of benzene rings is 1. The minimum atomic E-state index is -3.83. The van der Waals surface area contributed by atoms with Crippen molar-refractivity contribution >= 4 is 38.6 Å². The van der Waals surface area contributed by atoms with Crippen LogP contribution in [0.5, 0.6) is 0 Å². The zero-order valence-electron chi connectivity index (χ0n) is 9.56. The Balaban J connectivity index is 2.33. The van der Waals surface area contributed by atoms with Gasteiger partial charge in [0.15, 0.2) is 5.82 Å². The lowest BCUT2D eigenvalue weighted by Gasteiger charge is -2.07. The monoisotopic (exact) mass is 320 g/mol. The second-order valence-corrected chi connectivity index (χ2v) is 7.12. The fourth-order valence-electron chi connectivity index (χ4n) is 1.39. The molecule has 3 N–H and O–H groups in total. The predicted molar refractivity (Wildman–Crippen MR) is 74.4 cm³/mol. The molecule has 4 nitrogen and oxygen atoms in total. The van der Waals surface area contributed by atoms with Crippen molar-refractivity contribution < 1.29 is 12.8 Å². The standard InChI is InChI=1S/C11H10ClFN2O2S2/c12-8-2-1-3-9(11(8)13)15-19(16,17)10-5-4-7(6-14)18-10/h1-5,15H,6,14H2. The number of halogens is 2. The van der Waals surface area contributed by atoms with Gasteiger partial charge in [-0.25, -0.2) is 12.8 Å². The van der Waals surface area contributed by atoms with E-state index in [-0.39, 0.29) is 21.5 Å². The molecule has 0 aliphatic rings. The van der Waals surface area contributed by atoms with Crippen LogP contribution < -0.4 is 10.5 Å². The van der Waals surface area contributed by atoms with Crippen molar-refractivity contribution in [2.24, 2.45) is 5.73 Å². The van der Waals surface area contributed by atoms with E-state index in [1.165, 1.54) is 24.3 Å². The van der Waals surface area contributed by atoms with Crippen LogP contribution in [0.25, 0.3) is 0 Å². The fraction of sp³-hybridized carbons (Fsp3) is 0.0909. The normalized spacial score (nSPS) is 11.5. The Kier molecular flexibility index (Phi) is 4.10. The quantitative estimate of drug-likeness (QED) is 0.910. The second kappa shape index (κ2) is 5.46. The van der Waals surface area contributed by atoms with Gasteiger partial charge in [-0.2, -0.15) is 0 Å². The molecule has 102 valence electrons. The molecule has 19 heavy (non-hydrogen) atoms. The molecule has 0 aliphatic carbocycles. The molecule has 0 fully saturated rings. The molecule has 1 aromatic carbocycles. The summed E-state index contributed by atoms with van der Waals surface area (Å²) in [4.78, 5) is 0.729. The lowest BCUT2D eigenvalue weighted by atomic mass is 10.3. The van der Waals surface area contributed by atoms with Gasteiger partial charge in [-0.1, -0.05) is 17.7 Å². The van der Waals surface area contributed by atoms with Crippen LogP contribution in [0.1, 0.15) is 4.88 Å². The van der Waals surface area contributed by atoms with E-state index in [1.54, 1.807) is 6.07 Å². The van der Waals surface area contributed by atoms with Crippen LogP contribution in [0.4, 0.5) is 10.1 Å². The molecule has 0 atom stereocenters. The number of nitrogens with two attached hydrogens (primary N) is 1. The van der Waals surface area contributed by atoms with Gasteiger partial charge in [-0.15, -0.1) is 11.3 Å². The van der Waals surface area contributed by atoms with Gasteiger partial charge in [0.25, 0.3) is 10.0 Å². The first-order chi connectivity index (χ1) is 8.94. The Labute approximate surface area is 119 Å². The van der Waals surface area contributed by atoms with Crippen molar-refractivity contribution in [1.82, 2.24) is 0 Å². The van der Waals surface area contributed by atoms with Crippen molar-refractivity contribution in [3.63, 3.8) is 0 Å². The van der Waals surface area contributed by atoms with Gasteiger partial charge in [0.05, 0.1) is 10.7 Å². The van der Waals surface area contributed by atoms with Crippen LogP contribution in [-0.4, -0.2) is 8.42 Å². The Morgan fingerprint density at radius 1 is 1.32 bits per heavy atom. The minimum Gasteiger partial charge on any atom is -0.326 e. The summed E-state index contributed by atoms with van der Waals surface area (Å²) in [5.41, 5.74) is 5.24. The third-order valence-corrected chi connectivity index (χ3v) is 5.56. The van der Waals surface area contributed by atoms with E-state index >= 15 is 0 Å². The van der Waals surface area contributed by atoms with Crippen LogP contribution >= 0.6 is 22.9 Å². The maximum Gasteiger partial charge on any atom is 0.271 e. The highest BCUT2D eigenvalue weighted by Gasteiger charge is 2.19. The second-order valence-electron chi connectivity index (χ2n) is 3.63. The minimum absolute atomic E-state index is 0.0762. The summed E-state index contributed by atoms with van der Waals surface area (Å²) in [6, 6.07) is 7.15. The Morgan fingerprint density at radius 2 is 2.05 bits per heavy atom. The van der Waals surface area contributed by atoms with Gasteiger partial charge in [0, 0.05) is 11.4 Å². The van der Waals surface area contributed by atoms with Gasteiger partial charge in [0.2, 0.25) is 0 Å². The summed E-state index contributed by atoms with van der Waals surface area (Å²) in [7, 11) is -3.83. The van der Waals surface area contributed by atoms with Crippen LogP contribution in [0.15, 0.2) is 34.5 Å². The van der Waals surface area contributed by atoms with E-state index in [1.807, 2.05) is 0 Å². The van der Waals surface area contributed by atoms with E-state index in [0.717, 1.165) is 16.2 Å². The van der Waals surface area contributed by atoms with Gasteiger partial charge >= 0.3 is 0 Å². The van der Waals surface area contributed by atoms with E-state index in [0.29, 0.717) is 0 Å². The summed E-state index contributed by atoms with van der Waals surface area (Å²) in [6.45, 7) is 0.256. The van der Waals surface area contributed by atoms with Gasteiger partial charge in [-0.05, 0) is 24.3 Å². The topological polar surface area (TPSA) is 72.2 Å². The SMILES string of the molecule is NCc1ccc(S(=O)(=O)Nc2cccc(Cl)c2F)s1. The van der Waals surface area contributed by atoms with Crippen molar-refractivity contribution in [1.29, 1.82) is 0 Å². The third-order valence-electron chi connectivity index (χ3n) is 2.30. The van der Waals surface area contributed by atoms with Crippen molar-refractivity contribution in [3.8, 4) is 0 Å². The number of sulfonamides is 1. The smallest absolute Gasteiger partial charge is 0.271 e. The average Bonchev–Trinajstić information content (AvgIpc) is 2.84. The van der Waals surface area contributed by atoms with Crippen molar-refractivity contribution in [2.75, 3.05) is 4.72 Å². The molecule has 0 aliphatic heterocycles. The van der Waals surface area contributed by atoms with Gasteiger partial charge < -0.3 is 5.73 Å². The van der Waals surface area contributed by atoms with Crippen LogP contribution in [-0.2, 0) is 16.6 Å². The molecule has 8 heteroatoms. The van der Waals surface area contributed by atoms with Crippen molar-refractivity contribution in [2.45, 2.75) is 10.8 Å². The van der Waals surface area contributed by atoms with Gasteiger partial charge in [0.1, 0.15) is 4.21 Å². The Hall–Kier alpha value is -1.15. The van der Waals surface area contributed by atoms with Gasteiger partial charge in [-0.3, -0.25) is 4.72 Å². The molecule has 0 radical (unpaired) electrons. The molecule has 2 rings (SSSR count). The highest BCUT2D eigenvalue weighted by Crippen LogP contribution is 2.27. The highest BCUT2D eigenvalue weighted by molar-refractivity contribution is 7.94. The molecule has 0 bridgehead atoms. The number of anilines is 1. The summed E-state index contributed by atoms with van der Waals surface area (Å²) in [5, 5.41) is -0.144. The van der Waals surface area contributed by atoms with Crippen LogP contribution in [0, 0.1) is 5.82 Å². The Bertz CT molecular complexity index is 700. The number of hydrogen-bond acceptors (Lipinski definition) is 4. The lowest BCUT2D eigenvalue weighted by molar-refractivity contribution is 0.600. The number of thiophene rings is 1. The number of hydrogen-bond donors (Lipinski definition) is 2. The van der Waals surface area contributed by atoms with Crippen LogP contribution in [0.3, 0.4) is 0 Å². The number of rotatable bonds is 4. The largest absolute Gasteiger partial charge is 0.326 e. The molecule has 0 unspecified atom stereocenters. The number of nitrogens with one attached hydrogen (secondary N) is 1. The zero-order valence-corrected chi connectivity index (χ0v) is 11.9. The molecule has 2 aromatic rings. The third kappa shape index (κ3) is 3.06. The molecule has 0 spiro atoms. The predicted octanol–water partition coefficient (Wildman–Crippen LogP) is 2.80. The molecule has 0 saturated heterocycles. The molecule has 0 saturated carbocycles. The molecule has 1 heterocycles. The summed E-state index contributed by atoms with van der Waals surface area (Å²) in [5.74, 6) is -0.802. The van der Waals surface area contributed by atoms with Crippen molar-refractivity contribution in [3.05, 3.63) is 46.0 Å². The molecular formula is C11H10ClFN2O2S2. The van der Waals surface area contributed by atoms with Crippen LogP contribution in [0.2, 0.25) is 5.02 Å². The molecule has 0 amide bonds. The zero-order chi connectivity index (χ0) is 14.0. The maximum atomic E-state index is 13.6. The van der Waals surface area contributed by atoms with E-state index in [9.17, 15) is 12.8 Å². The summed E-state index contributed by atoms with van der Waals surface area (Å²) < 4.78 is 40.0. The fourth-order valence-corrected chi connectivity index (χ4v) is 3.86. The first-order valence-electron chi connectivity index (χ1n) is 5.19.